The van der Waals surface area contributed by atoms with Crippen LogP contribution in [0, 0.1) is 26.7 Å². The molecular formula is C30H40N4O. The monoisotopic (exact) mass is 472 g/mol. The number of pyridine rings is 1. The Morgan fingerprint density at radius 1 is 1.11 bits per heavy atom. The molecule has 35 heavy (non-hydrogen) atoms. The fourth-order valence-corrected chi connectivity index (χ4v) is 5.65. The first-order chi connectivity index (χ1) is 16.7. The summed E-state index contributed by atoms with van der Waals surface area (Å²) >= 11 is 0. The molecule has 0 spiro atoms. The lowest BCUT2D eigenvalue weighted by Crippen LogP contribution is -2.31. The Morgan fingerprint density at radius 2 is 1.83 bits per heavy atom. The van der Waals surface area contributed by atoms with Crippen molar-refractivity contribution in [2.24, 2.45) is 5.92 Å². The predicted octanol–water partition coefficient (Wildman–Crippen LogP) is 7.23. The van der Waals surface area contributed by atoms with E-state index < -0.39 is 0 Å². The van der Waals surface area contributed by atoms with Crippen molar-refractivity contribution in [3.63, 3.8) is 0 Å². The Hall–Kier alpha value is -3.08. The number of allylic oxidation sites excluding steroid dienone is 2. The average Bonchev–Trinajstić information content (AvgIpc) is 3.31. The number of hydrogen-bond donors (Lipinski definition) is 1. The van der Waals surface area contributed by atoms with Gasteiger partial charge in [0.25, 0.3) is 0 Å². The summed E-state index contributed by atoms with van der Waals surface area (Å²) in [5, 5.41) is 14.2. The van der Waals surface area contributed by atoms with E-state index in [-0.39, 0.29) is 5.88 Å². The van der Waals surface area contributed by atoms with Crippen molar-refractivity contribution in [2.75, 3.05) is 13.1 Å². The van der Waals surface area contributed by atoms with Gasteiger partial charge in [0, 0.05) is 19.3 Å². The van der Waals surface area contributed by atoms with Crippen molar-refractivity contribution in [2.45, 2.75) is 73.1 Å². The van der Waals surface area contributed by atoms with E-state index in [1.54, 1.807) is 6.33 Å². The molecule has 1 fully saturated rings. The number of aryl methyl sites for hydroxylation is 2. The maximum Gasteiger partial charge on any atom is 0.179 e. The fraction of sp³-hybridized carbons (Fsp3) is 0.467. The van der Waals surface area contributed by atoms with Crippen LogP contribution in [0.1, 0.15) is 85.8 Å². The molecule has 5 heteroatoms. The van der Waals surface area contributed by atoms with Crippen molar-refractivity contribution >= 4 is 16.8 Å². The van der Waals surface area contributed by atoms with E-state index in [1.165, 1.54) is 44.5 Å². The summed E-state index contributed by atoms with van der Waals surface area (Å²) in [6.07, 6.45) is 7.99. The average molecular weight is 473 g/mol. The lowest BCUT2D eigenvalue weighted by Gasteiger charge is -2.33. The number of piperidine rings is 1. The number of aliphatic hydroxyl groups is 1. The third-order valence-corrected chi connectivity index (χ3v) is 7.74. The van der Waals surface area contributed by atoms with Crippen molar-refractivity contribution in [1.29, 1.82) is 0 Å². The van der Waals surface area contributed by atoms with Crippen LogP contribution in [0.15, 0.2) is 43.2 Å². The maximum atomic E-state index is 9.78. The molecule has 0 atom stereocenters. The molecule has 2 aromatic heterocycles. The summed E-state index contributed by atoms with van der Waals surface area (Å²) in [6, 6.07) is 7.05. The molecular weight excluding hydrogens is 432 g/mol. The highest BCUT2D eigenvalue weighted by atomic mass is 16.3. The number of likely N-dealkylation sites (tertiary alicyclic amines) is 1. The number of nitrogens with zero attached hydrogens (tertiary/aromatic N) is 4. The molecule has 1 saturated heterocycles. The molecule has 0 radical (unpaired) electrons. The van der Waals surface area contributed by atoms with E-state index in [9.17, 15) is 5.11 Å². The molecule has 186 valence electrons. The van der Waals surface area contributed by atoms with Gasteiger partial charge in [0.15, 0.2) is 11.5 Å². The van der Waals surface area contributed by atoms with Crippen LogP contribution in [0.2, 0.25) is 0 Å². The van der Waals surface area contributed by atoms with Crippen LogP contribution in [-0.2, 0) is 0 Å². The van der Waals surface area contributed by atoms with Crippen molar-refractivity contribution < 1.29 is 5.11 Å². The Morgan fingerprint density at radius 3 is 2.46 bits per heavy atom. The first-order valence-corrected chi connectivity index (χ1v) is 13.0. The van der Waals surface area contributed by atoms with E-state index >= 15 is 0 Å². The van der Waals surface area contributed by atoms with Gasteiger partial charge in [-0.3, -0.25) is 0 Å². The zero-order valence-electron chi connectivity index (χ0n) is 22.2. The van der Waals surface area contributed by atoms with Crippen LogP contribution in [0.4, 0.5) is 0 Å². The second kappa shape index (κ2) is 10.3. The molecule has 0 bridgehead atoms. The largest absolute Gasteiger partial charge is 0.495 e. The van der Waals surface area contributed by atoms with Crippen LogP contribution in [-0.4, -0.2) is 37.7 Å². The lowest BCUT2D eigenvalue weighted by atomic mass is 9.80. The smallest absolute Gasteiger partial charge is 0.179 e. The van der Waals surface area contributed by atoms with Crippen LogP contribution >= 0.6 is 0 Å². The Balaban J connectivity index is 1.85. The first-order valence-electron chi connectivity index (χ1n) is 13.0. The summed E-state index contributed by atoms with van der Waals surface area (Å²) in [5.74, 6) is 1.08. The van der Waals surface area contributed by atoms with Gasteiger partial charge >= 0.3 is 0 Å². The van der Waals surface area contributed by atoms with Crippen molar-refractivity contribution in [3.05, 3.63) is 76.6 Å². The summed E-state index contributed by atoms with van der Waals surface area (Å²) in [6.45, 7) is 18.9. The third kappa shape index (κ3) is 4.86. The van der Waals surface area contributed by atoms with Gasteiger partial charge in [-0.1, -0.05) is 45.4 Å². The predicted molar refractivity (Wildman–Crippen MR) is 146 cm³/mol. The maximum absolute atomic E-state index is 9.78. The normalized spacial score (nSPS) is 15.7. The van der Waals surface area contributed by atoms with Gasteiger partial charge in [-0.15, -0.1) is 0 Å². The number of benzene rings is 1. The second-order valence-electron chi connectivity index (χ2n) is 10.4. The summed E-state index contributed by atoms with van der Waals surface area (Å²) in [4.78, 5) is 6.45. The molecule has 1 aliphatic rings. The Bertz CT molecular complexity index is 1260. The molecule has 4 rings (SSSR count). The quantitative estimate of drug-likeness (QED) is 0.369. The van der Waals surface area contributed by atoms with Gasteiger partial charge < -0.3 is 10.0 Å². The molecule has 0 amide bonds. The third-order valence-electron chi connectivity index (χ3n) is 7.74. The van der Waals surface area contributed by atoms with Crippen molar-refractivity contribution in [1.82, 2.24) is 19.5 Å². The van der Waals surface area contributed by atoms with Gasteiger partial charge in [0.2, 0.25) is 0 Å². The van der Waals surface area contributed by atoms with Gasteiger partial charge in [-0.25, -0.2) is 9.50 Å². The molecule has 5 nitrogen and oxygen atoms in total. The number of hydrogen-bond acceptors (Lipinski definition) is 4. The lowest BCUT2D eigenvalue weighted by molar-refractivity contribution is 0.167. The molecule has 0 saturated carbocycles. The molecule has 0 aliphatic carbocycles. The van der Waals surface area contributed by atoms with Crippen LogP contribution < -0.4 is 0 Å². The zero-order valence-corrected chi connectivity index (χ0v) is 22.2. The van der Waals surface area contributed by atoms with Crippen molar-refractivity contribution in [3.8, 4) is 0 Å². The van der Waals surface area contributed by atoms with Crippen LogP contribution in [0.25, 0.3) is 16.8 Å². The van der Waals surface area contributed by atoms with E-state index in [4.69, 9.17) is 0 Å². The van der Waals surface area contributed by atoms with E-state index in [0.29, 0.717) is 11.8 Å². The standard InChI is InChI=1S/C30H40N4O/c1-8-9-26(28-17-34-30(31-18-32-34)22(6)21(28)5)29(19(2)3)27-16-25(11-10-20(27)4)24-12-14-33(15-13-24)23(7)35/h10-11,16-19,24,35H,7-9,12-15H2,1-6H3/b29-26+. The molecule has 3 heterocycles. The SMILES string of the molecule is C=C(O)N1CCC(c2ccc(C)c(/C(=C(\CCC)c3cn4ncnc4c(C)c3C)C(C)C)c2)CC1. The van der Waals surface area contributed by atoms with Gasteiger partial charge in [0.05, 0.1) is 0 Å². The highest BCUT2D eigenvalue weighted by molar-refractivity contribution is 5.93. The fourth-order valence-electron chi connectivity index (χ4n) is 5.65. The first kappa shape index (κ1) is 25.0. The van der Waals surface area contributed by atoms with Crippen LogP contribution in [0.5, 0.6) is 0 Å². The summed E-state index contributed by atoms with van der Waals surface area (Å²) in [5.41, 5.74) is 11.7. The molecule has 3 aromatic rings. The highest BCUT2D eigenvalue weighted by Crippen LogP contribution is 2.40. The Labute approximate surface area is 210 Å². The summed E-state index contributed by atoms with van der Waals surface area (Å²) < 4.78 is 1.93. The summed E-state index contributed by atoms with van der Waals surface area (Å²) in [7, 11) is 0. The molecule has 1 N–H and O–H groups in total. The number of aromatic nitrogens is 3. The van der Waals surface area contributed by atoms with E-state index in [2.05, 4.69) is 82.6 Å². The molecule has 1 aliphatic heterocycles. The molecule has 1 aromatic carbocycles. The minimum absolute atomic E-state index is 0.192. The van der Waals surface area contributed by atoms with E-state index in [0.717, 1.165) is 44.4 Å². The van der Waals surface area contributed by atoms with Gasteiger partial charge in [-0.05, 0) is 103 Å². The molecule has 0 unspecified atom stereocenters. The number of fused-ring (bicyclic) bond motifs is 1. The number of aliphatic hydroxyl groups excluding tert-OH is 1. The van der Waals surface area contributed by atoms with E-state index in [1.807, 2.05) is 9.42 Å². The second-order valence-corrected chi connectivity index (χ2v) is 10.4. The Kier molecular flexibility index (Phi) is 7.34. The minimum Gasteiger partial charge on any atom is -0.495 e. The topological polar surface area (TPSA) is 53.7 Å². The van der Waals surface area contributed by atoms with Gasteiger partial charge in [-0.2, -0.15) is 5.10 Å². The zero-order chi connectivity index (χ0) is 25.3. The number of rotatable bonds is 7. The van der Waals surface area contributed by atoms with Gasteiger partial charge in [0.1, 0.15) is 6.33 Å². The minimum atomic E-state index is 0.192. The van der Waals surface area contributed by atoms with Crippen LogP contribution in [0.3, 0.4) is 0 Å². The highest BCUT2D eigenvalue weighted by Gasteiger charge is 2.24.